The molecule has 3 aromatic carbocycles. The maximum absolute atomic E-state index is 14.0. The number of aromatic amines is 1. The number of nitrogens with zero attached hydrogens (tertiary/aromatic N) is 1. The number of aromatic nitrogens is 1. The lowest BCUT2D eigenvalue weighted by molar-refractivity contribution is -0.123. The van der Waals surface area contributed by atoms with Crippen LogP contribution in [0, 0.1) is 36.5 Å². The molecule has 228 valence electrons. The van der Waals surface area contributed by atoms with Crippen molar-refractivity contribution in [2.75, 3.05) is 16.8 Å². The van der Waals surface area contributed by atoms with Crippen molar-refractivity contribution in [3.05, 3.63) is 103 Å². The van der Waals surface area contributed by atoms with Gasteiger partial charge in [-0.2, -0.15) is 0 Å². The Bertz CT molecular complexity index is 1920. The number of hydrogen-bond donors (Lipinski definition) is 2. The molecule has 2 bridgehead atoms. The molecule has 3 amide bonds. The van der Waals surface area contributed by atoms with Gasteiger partial charge in [-0.3, -0.25) is 24.1 Å². The number of carbonyl (C=O) groups excluding carboxylic acids is 3. The minimum Gasteiger partial charge on any atom is -0.483 e. The van der Waals surface area contributed by atoms with Crippen molar-refractivity contribution < 1.29 is 19.1 Å². The van der Waals surface area contributed by atoms with Gasteiger partial charge in [0.2, 0.25) is 11.8 Å². The second-order valence-corrected chi connectivity index (χ2v) is 15.3. The van der Waals surface area contributed by atoms with Crippen molar-refractivity contribution in [3.63, 3.8) is 0 Å². The number of H-pyrrole nitrogens is 1. The first-order valence-corrected chi connectivity index (χ1v) is 17.4. The number of halogens is 1. The summed E-state index contributed by atoms with van der Waals surface area (Å²) in [6.07, 6.45) is 0.793. The van der Waals surface area contributed by atoms with Gasteiger partial charge >= 0.3 is 4.87 Å². The number of amides is 3. The molecule has 3 fully saturated rings. The predicted octanol–water partition coefficient (Wildman–Crippen LogP) is 6.20. The largest absolute Gasteiger partial charge is 0.483 e. The second kappa shape index (κ2) is 11.0. The molecule has 0 radical (unpaired) electrons. The highest BCUT2D eigenvalue weighted by atomic mass is 79.9. The number of fused-ring (bicyclic) bond motifs is 9. The van der Waals surface area contributed by atoms with Gasteiger partial charge < -0.3 is 15.0 Å². The van der Waals surface area contributed by atoms with Crippen LogP contribution < -0.4 is 19.8 Å². The third kappa shape index (κ3) is 4.70. The molecule has 0 spiro atoms. The number of nitrogens with one attached hydrogen (secondary N) is 2. The van der Waals surface area contributed by atoms with Gasteiger partial charge in [0.1, 0.15) is 5.75 Å². The van der Waals surface area contributed by atoms with Crippen LogP contribution in [0.25, 0.3) is 0 Å². The van der Waals surface area contributed by atoms with Crippen LogP contribution in [0.3, 0.4) is 0 Å². The van der Waals surface area contributed by atoms with Crippen LogP contribution in [0.5, 0.6) is 5.75 Å². The number of aryl methyl sites for hydroxylation is 1. The molecule has 8 nitrogen and oxygen atoms in total. The van der Waals surface area contributed by atoms with Crippen molar-refractivity contribution >= 4 is 68.1 Å². The molecule has 3 heterocycles. The molecule has 6 unspecified atom stereocenters. The number of para-hydroxylation sites is 1. The number of benzene rings is 3. The highest BCUT2D eigenvalue weighted by molar-refractivity contribution is 9.10. The fourth-order valence-corrected chi connectivity index (χ4v) is 11.3. The van der Waals surface area contributed by atoms with Gasteiger partial charge in [0, 0.05) is 31.8 Å². The van der Waals surface area contributed by atoms with Crippen LogP contribution in [-0.2, 0) is 14.4 Å². The van der Waals surface area contributed by atoms with Crippen LogP contribution in [0.2, 0.25) is 0 Å². The minimum absolute atomic E-state index is 0.0131. The standard InChI is InChI=1S/C34H28BrN3O5S2/c1-16-5-4-6-18(13-16)36-24(39)15-43-23-8-3-2-7-20(23)25-26-21-14-22(29(26)44-31-30(25)45-34(42)37-31)28-27(21)32(40)38(33(28)41)19-11-9-17(35)10-12-19/h2-13,21-22,25-29H,14-15H2,1H3,(H,36,39)(H,37,42)/t21?,22?,25-,26?,27?,28?,29?/m1/s1. The summed E-state index contributed by atoms with van der Waals surface area (Å²) in [5, 5.41) is 3.78. The number of imide groups is 1. The average molecular weight is 703 g/mol. The molecule has 2 N–H and O–H groups in total. The molecule has 11 heteroatoms. The third-order valence-electron chi connectivity index (χ3n) is 9.72. The number of hydrogen-bond acceptors (Lipinski definition) is 7. The lowest BCUT2D eigenvalue weighted by Gasteiger charge is -2.43. The highest BCUT2D eigenvalue weighted by Crippen LogP contribution is 2.69. The number of anilines is 2. The van der Waals surface area contributed by atoms with E-state index < -0.39 is 5.92 Å². The molecule has 7 atom stereocenters. The van der Waals surface area contributed by atoms with E-state index >= 15 is 0 Å². The Morgan fingerprint density at radius 2 is 1.76 bits per heavy atom. The van der Waals surface area contributed by atoms with E-state index in [0.717, 1.165) is 31.9 Å². The molecular formula is C34H28BrN3O5S2. The minimum atomic E-state index is -0.402. The normalized spacial score (nSPS) is 27.7. The molecule has 4 aromatic rings. The SMILES string of the molecule is Cc1cccc(NC(=O)COc2ccccc2[C@H]2c3sc(=O)[nH]c3SC3C4CC(C5C(=O)N(c6ccc(Br)cc6)C(=O)C45)C32)c1. The van der Waals surface area contributed by atoms with E-state index in [9.17, 15) is 19.2 Å². The zero-order chi connectivity index (χ0) is 31.0. The van der Waals surface area contributed by atoms with Crippen molar-refractivity contribution in [3.8, 4) is 5.75 Å². The summed E-state index contributed by atoms with van der Waals surface area (Å²) in [6.45, 7) is 1.79. The molecule has 2 aliphatic carbocycles. The summed E-state index contributed by atoms with van der Waals surface area (Å²) in [6, 6.07) is 22.6. The number of carbonyl (C=O) groups is 3. The second-order valence-electron chi connectivity index (χ2n) is 12.2. The molecular weight excluding hydrogens is 674 g/mol. The van der Waals surface area contributed by atoms with Crippen LogP contribution in [0.1, 0.15) is 28.3 Å². The fourth-order valence-electron chi connectivity index (χ4n) is 8.14. The van der Waals surface area contributed by atoms with Crippen LogP contribution >= 0.6 is 39.0 Å². The van der Waals surface area contributed by atoms with E-state index in [2.05, 4.69) is 26.2 Å². The first kappa shape index (κ1) is 28.8. The van der Waals surface area contributed by atoms with E-state index in [4.69, 9.17) is 4.74 Å². The third-order valence-corrected chi connectivity index (χ3v) is 12.8. The maximum atomic E-state index is 14.0. The lowest BCUT2D eigenvalue weighted by atomic mass is 9.68. The van der Waals surface area contributed by atoms with Gasteiger partial charge in [0.05, 0.1) is 22.5 Å². The summed E-state index contributed by atoms with van der Waals surface area (Å²) >= 11 is 6.29. The first-order valence-electron chi connectivity index (χ1n) is 14.9. The lowest BCUT2D eigenvalue weighted by Crippen LogP contribution is -2.42. The Kier molecular flexibility index (Phi) is 7.03. The molecule has 2 saturated carbocycles. The first-order chi connectivity index (χ1) is 21.8. The zero-order valence-electron chi connectivity index (χ0n) is 24.1. The maximum Gasteiger partial charge on any atom is 0.305 e. The van der Waals surface area contributed by atoms with Crippen molar-refractivity contribution in [1.82, 2.24) is 4.98 Å². The summed E-state index contributed by atoms with van der Waals surface area (Å²) in [5.74, 6) is -0.934. The van der Waals surface area contributed by atoms with Crippen LogP contribution in [-0.4, -0.2) is 34.6 Å². The molecule has 4 aliphatic rings. The number of ether oxygens (including phenoxy) is 1. The van der Waals surface area contributed by atoms with Crippen LogP contribution in [0.4, 0.5) is 11.4 Å². The Hall–Kier alpha value is -3.67. The van der Waals surface area contributed by atoms with Crippen molar-refractivity contribution in [2.45, 2.75) is 29.5 Å². The van der Waals surface area contributed by atoms with E-state index in [-0.39, 0.29) is 64.0 Å². The molecule has 8 rings (SSSR count). The van der Waals surface area contributed by atoms with E-state index in [1.165, 1.54) is 16.2 Å². The van der Waals surface area contributed by atoms with Gasteiger partial charge in [-0.1, -0.05) is 57.6 Å². The molecule has 2 aliphatic heterocycles. The smallest absolute Gasteiger partial charge is 0.305 e. The van der Waals surface area contributed by atoms with Crippen LogP contribution in [0.15, 0.2) is 87.1 Å². The Labute approximate surface area is 275 Å². The van der Waals surface area contributed by atoms with Gasteiger partial charge in [0.25, 0.3) is 5.91 Å². The van der Waals surface area contributed by atoms with E-state index in [0.29, 0.717) is 17.1 Å². The summed E-state index contributed by atoms with van der Waals surface area (Å²) in [5.41, 5.74) is 3.23. The zero-order valence-corrected chi connectivity index (χ0v) is 27.3. The fraction of sp³-hybridized carbons (Fsp3) is 0.294. The predicted molar refractivity (Wildman–Crippen MR) is 177 cm³/mol. The monoisotopic (exact) mass is 701 g/mol. The molecule has 45 heavy (non-hydrogen) atoms. The van der Waals surface area contributed by atoms with Crippen molar-refractivity contribution in [1.29, 1.82) is 0 Å². The summed E-state index contributed by atoms with van der Waals surface area (Å²) in [7, 11) is 0. The Morgan fingerprint density at radius 1 is 1.00 bits per heavy atom. The molecule has 1 aromatic heterocycles. The Balaban J connectivity index is 1.12. The van der Waals surface area contributed by atoms with Gasteiger partial charge in [-0.15, -0.1) is 11.8 Å². The number of rotatable bonds is 6. The summed E-state index contributed by atoms with van der Waals surface area (Å²) < 4.78 is 7.06. The molecule has 1 saturated heterocycles. The topological polar surface area (TPSA) is 109 Å². The Morgan fingerprint density at radius 3 is 2.53 bits per heavy atom. The highest BCUT2D eigenvalue weighted by Gasteiger charge is 2.69. The van der Waals surface area contributed by atoms with E-state index in [1.54, 1.807) is 23.9 Å². The van der Waals surface area contributed by atoms with E-state index in [1.807, 2.05) is 67.6 Å². The number of thiazole rings is 1. The van der Waals surface area contributed by atoms with Crippen molar-refractivity contribution in [2.24, 2.45) is 29.6 Å². The number of thioether (sulfide) groups is 1. The van der Waals surface area contributed by atoms with Gasteiger partial charge in [0.15, 0.2) is 6.61 Å². The average Bonchev–Trinajstić information content (AvgIpc) is 3.76. The van der Waals surface area contributed by atoms with Gasteiger partial charge in [-0.05, 0) is 79.1 Å². The van der Waals surface area contributed by atoms with Gasteiger partial charge in [-0.25, -0.2) is 0 Å². The summed E-state index contributed by atoms with van der Waals surface area (Å²) in [4.78, 5) is 58.7. The quantitative estimate of drug-likeness (QED) is 0.232.